The summed E-state index contributed by atoms with van der Waals surface area (Å²) in [6, 6.07) is 7.99. The molecule has 1 aliphatic heterocycles. The van der Waals surface area contributed by atoms with Gasteiger partial charge < -0.3 is 20.6 Å². The zero-order valence-electron chi connectivity index (χ0n) is 19.0. The molecule has 2 aromatic heterocycles. The number of nitrogens with zero attached hydrogens (tertiary/aromatic N) is 5. The summed E-state index contributed by atoms with van der Waals surface area (Å²) in [6.07, 6.45) is 6.68. The van der Waals surface area contributed by atoms with Gasteiger partial charge >= 0.3 is 0 Å². The van der Waals surface area contributed by atoms with Crippen LogP contribution in [0.3, 0.4) is 0 Å². The summed E-state index contributed by atoms with van der Waals surface area (Å²) < 4.78 is 0. The molecule has 0 aliphatic carbocycles. The van der Waals surface area contributed by atoms with Gasteiger partial charge in [0, 0.05) is 31.7 Å². The molecule has 1 unspecified atom stereocenters. The summed E-state index contributed by atoms with van der Waals surface area (Å²) in [5, 5.41) is 15.9. The summed E-state index contributed by atoms with van der Waals surface area (Å²) >= 11 is 0. The van der Waals surface area contributed by atoms with Crippen LogP contribution in [0.15, 0.2) is 42.9 Å². The third-order valence-electron chi connectivity index (χ3n) is 5.92. The minimum Gasteiger partial charge on any atom is -0.394 e. The SMILES string of the molecule is Cc1ccc(CNc2nc(N3CCCC3CO)ncc2C(=O)NCc2ncccn2)cc1C. The monoisotopic (exact) mass is 447 g/mol. The van der Waals surface area contributed by atoms with E-state index in [2.05, 4.69) is 62.6 Å². The number of aryl methyl sites for hydroxylation is 2. The average molecular weight is 448 g/mol. The number of hydrogen-bond donors (Lipinski definition) is 3. The van der Waals surface area contributed by atoms with Gasteiger partial charge in [0.15, 0.2) is 0 Å². The van der Waals surface area contributed by atoms with Crippen LogP contribution in [0, 0.1) is 13.8 Å². The lowest BCUT2D eigenvalue weighted by Crippen LogP contribution is -2.34. The van der Waals surface area contributed by atoms with Crippen LogP contribution in [0.25, 0.3) is 0 Å². The van der Waals surface area contributed by atoms with Crippen molar-refractivity contribution in [1.82, 2.24) is 25.3 Å². The normalized spacial score (nSPS) is 15.5. The van der Waals surface area contributed by atoms with Crippen LogP contribution in [-0.2, 0) is 13.1 Å². The van der Waals surface area contributed by atoms with Crippen molar-refractivity contribution >= 4 is 17.7 Å². The van der Waals surface area contributed by atoms with Gasteiger partial charge in [-0.2, -0.15) is 4.98 Å². The molecule has 4 rings (SSSR count). The molecule has 0 radical (unpaired) electrons. The van der Waals surface area contributed by atoms with Crippen LogP contribution in [0.2, 0.25) is 0 Å². The number of aliphatic hydroxyl groups excluding tert-OH is 1. The summed E-state index contributed by atoms with van der Waals surface area (Å²) in [7, 11) is 0. The zero-order chi connectivity index (χ0) is 23.2. The summed E-state index contributed by atoms with van der Waals surface area (Å²) in [5.41, 5.74) is 3.88. The van der Waals surface area contributed by atoms with Crippen molar-refractivity contribution in [3.05, 3.63) is 70.9 Å². The van der Waals surface area contributed by atoms with Crippen LogP contribution in [-0.4, -0.2) is 50.1 Å². The van der Waals surface area contributed by atoms with Crippen molar-refractivity contribution in [3.63, 3.8) is 0 Å². The first kappa shape index (κ1) is 22.6. The lowest BCUT2D eigenvalue weighted by molar-refractivity contribution is 0.0950. The first-order chi connectivity index (χ1) is 16.0. The van der Waals surface area contributed by atoms with Crippen molar-refractivity contribution in [3.8, 4) is 0 Å². The van der Waals surface area contributed by atoms with Crippen molar-refractivity contribution in [2.45, 2.75) is 45.8 Å². The Kier molecular flexibility index (Phi) is 7.09. The Morgan fingerprint density at radius 3 is 2.73 bits per heavy atom. The van der Waals surface area contributed by atoms with Gasteiger partial charge in [-0.1, -0.05) is 18.2 Å². The molecule has 0 bridgehead atoms. The Labute approximate surface area is 193 Å². The molecule has 9 heteroatoms. The molecule has 1 fully saturated rings. The lowest BCUT2D eigenvalue weighted by Gasteiger charge is -2.24. The first-order valence-corrected chi connectivity index (χ1v) is 11.1. The van der Waals surface area contributed by atoms with Gasteiger partial charge in [0.25, 0.3) is 5.91 Å². The van der Waals surface area contributed by atoms with Gasteiger partial charge in [-0.15, -0.1) is 0 Å². The van der Waals surface area contributed by atoms with Crippen LogP contribution in [0.5, 0.6) is 0 Å². The fourth-order valence-corrected chi connectivity index (χ4v) is 3.88. The fraction of sp³-hybridized carbons (Fsp3) is 0.375. The van der Waals surface area contributed by atoms with Gasteiger partial charge in [0.1, 0.15) is 17.2 Å². The molecule has 172 valence electrons. The Bertz CT molecular complexity index is 1110. The minimum absolute atomic E-state index is 0.00694. The smallest absolute Gasteiger partial charge is 0.256 e. The number of amides is 1. The molecule has 3 heterocycles. The fourth-order valence-electron chi connectivity index (χ4n) is 3.88. The number of carbonyl (C=O) groups is 1. The van der Waals surface area contributed by atoms with Crippen LogP contribution in [0.4, 0.5) is 11.8 Å². The average Bonchev–Trinajstić information content (AvgIpc) is 3.33. The second kappa shape index (κ2) is 10.4. The summed E-state index contributed by atoms with van der Waals surface area (Å²) in [6.45, 7) is 5.71. The predicted octanol–water partition coefficient (Wildman–Crippen LogP) is 2.39. The highest BCUT2D eigenvalue weighted by Gasteiger charge is 2.27. The number of benzene rings is 1. The van der Waals surface area contributed by atoms with E-state index in [1.165, 1.54) is 11.1 Å². The van der Waals surface area contributed by atoms with E-state index in [1.54, 1.807) is 24.7 Å². The molecular formula is C24H29N7O2. The number of aromatic nitrogens is 4. The van der Waals surface area contributed by atoms with E-state index in [0.29, 0.717) is 29.7 Å². The molecule has 1 aliphatic rings. The summed E-state index contributed by atoms with van der Waals surface area (Å²) in [4.78, 5) is 32.4. The van der Waals surface area contributed by atoms with Crippen molar-refractivity contribution < 1.29 is 9.90 Å². The minimum atomic E-state index is -0.309. The first-order valence-electron chi connectivity index (χ1n) is 11.1. The van der Waals surface area contributed by atoms with Crippen LogP contribution in [0.1, 0.15) is 45.7 Å². The number of aliphatic hydroxyl groups is 1. The molecule has 1 aromatic carbocycles. The summed E-state index contributed by atoms with van der Waals surface area (Å²) in [5.74, 6) is 1.18. The number of rotatable bonds is 8. The van der Waals surface area contributed by atoms with Crippen LogP contribution < -0.4 is 15.5 Å². The van der Waals surface area contributed by atoms with Gasteiger partial charge in [-0.05, 0) is 49.4 Å². The predicted molar refractivity (Wildman–Crippen MR) is 126 cm³/mol. The molecule has 0 spiro atoms. The maximum atomic E-state index is 13.0. The van der Waals surface area contributed by atoms with E-state index >= 15 is 0 Å². The van der Waals surface area contributed by atoms with E-state index in [-0.39, 0.29) is 25.1 Å². The number of carbonyl (C=O) groups excluding carboxylic acids is 1. The van der Waals surface area contributed by atoms with E-state index < -0.39 is 0 Å². The highest BCUT2D eigenvalue weighted by Crippen LogP contribution is 2.25. The molecule has 0 saturated carbocycles. The lowest BCUT2D eigenvalue weighted by atomic mass is 10.1. The standard InChI is InChI=1S/C24H29N7O2/c1-16-6-7-18(11-17(16)2)12-27-22-20(23(33)28-14-21-25-8-4-9-26-21)13-29-24(30-22)31-10-3-5-19(31)15-32/h4,6-9,11,13,19,32H,3,5,10,12,14-15H2,1-2H3,(H,28,33)(H,27,29,30). The number of anilines is 2. The third kappa shape index (κ3) is 5.43. The Balaban J connectivity index is 1.57. The second-order valence-electron chi connectivity index (χ2n) is 8.22. The molecule has 1 atom stereocenters. The third-order valence-corrected chi connectivity index (χ3v) is 5.92. The Hall–Kier alpha value is -3.59. The van der Waals surface area contributed by atoms with Gasteiger partial charge in [-0.25, -0.2) is 15.0 Å². The second-order valence-corrected chi connectivity index (χ2v) is 8.22. The molecule has 3 aromatic rings. The largest absolute Gasteiger partial charge is 0.394 e. The molecule has 9 nitrogen and oxygen atoms in total. The van der Waals surface area contributed by atoms with E-state index in [1.807, 2.05) is 4.90 Å². The Morgan fingerprint density at radius 2 is 1.97 bits per heavy atom. The molecule has 3 N–H and O–H groups in total. The van der Waals surface area contributed by atoms with Gasteiger partial charge in [0.05, 0.1) is 19.2 Å². The molecular weight excluding hydrogens is 418 g/mol. The molecule has 33 heavy (non-hydrogen) atoms. The van der Waals surface area contributed by atoms with Crippen LogP contribution >= 0.6 is 0 Å². The van der Waals surface area contributed by atoms with Crippen molar-refractivity contribution in [2.75, 3.05) is 23.4 Å². The molecule has 1 saturated heterocycles. The van der Waals surface area contributed by atoms with E-state index in [9.17, 15) is 9.90 Å². The quantitative estimate of drug-likeness (QED) is 0.482. The number of nitrogens with one attached hydrogen (secondary N) is 2. The maximum Gasteiger partial charge on any atom is 0.256 e. The van der Waals surface area contributed by atoms with Crippen molar-refractivity contribution in [2.24, 2.45) is 0 Å². The number of hydrogen-bond acceptors (Lipinski definition) is 8. The molecule has 1 amide bonds. The Morgan fingerprint density at radius 1 is 1.15 bits per heavy atom. The van der Waals surface area contributed by atoms with E-state index in [4.69, 9.17) is 0 Å². The van der Waals surface area contributed by atoms with Crippen molar-refractivity contribution in [1.29, 1.82) is 0 Å². The highest BCUT2D eigenvalue weighted by atomic mass is 16.3. The zero-order valence-corrected chi connectivity index (χ0v) is 19.0. The highest BCUT2D eigenvalue weighted by molar-refractivity contribution is 5.98. The topological polar surface area (TPSA) is 116 Å². The van der Waals surface area contributed by atoms with Gasteiger partial charge in [-0.3, -0.25) is 4.79 Å². The maximum absolute atomic E-state index is 13.0. The van der Waals surface area contributed by atoms with Gasteiger partial charge in [0.2, 0.25) is 5.95 Å². The van der Waals surface area contributed by atoms with E-state index in [0.717, 1.165) is 24.9 Å².